The lowest BCUT2D eigenvalue weighted by molar-refractivity contribution is -0.116. The van der Waals surface area contributed by atoms with Crippen LogP contribution in [0.1, 0.15) is 0 Å². The van der Waals surface area contributed by atoms with Crippen molar-refractivity contribution in [3.8, 4) is 6.07 Å². The molecule has 3 nitrogen and oxygen atoms in total. The molecule has 0 spiro atoms. The van der Waals surface area contributed by atoms with Gasteiger partial charge in [-0.3, -0.25) is 0 Å². The van der Waals surface area contributed by atoms with Gasteiger partial charge in [0.25, 0.3) is 0 Å². The summed E-state index contributed by atoms with van der Waals surface area (Å²) in [6, 6.07) is 1.75. The Bertz CT molecular complexity index is 59.1. The maximum absolute atomic E-state index is 7.74. The van der Waals surface area contributed by atoms with Crippen molar-refractivity contribution in [2.45, 2.75) is 0 Å². The van der Waals surface area contributed by atoms with Crippen LogP contribution in [-0.2, 0) is 4.33 Å². The van der Waals surface area contributed by atoms with E-state index in [1.165, 1.54) is 0 Å². The standard InChI is InChI=1S/C2H3NO2S/c3-1-2-6-5-4/h4H,2H2. The Kier molecular flexibility index (Phi) is 4.57. The lowest BCUT2D eigenvalue weighted by Gasteiger charge is -1.78. The molecule has 6 heavy (non-hydrogen) atoms. The molecule has 0 amide bonds. The van der Waals surface area contributed by atoms with Gasteiger partial charge >= 0.3 is 0 Å². The van der Waals surface area contributed by atoms with Gasteiger partial charge in [-0.1, -0.05) is 0 Å². The van der Waals surface area contributed by atoms with E-state index in [-0.39, 0.29) is 5.75 Å². The average Bonchev–Trinajstić information content (AvgIpc) is 1.61. The molecule has 0 unspecified atom stereocenters. The topological polar surface area (TPSA) is 53.2 Å². The molecule has 0 saturated carbocycles. The molecule has 0 saturated heterocycles. The van der Waals surface area contributed by atoms with Gasteiger partial charge in [-0.2, -0.15) is 9.60 Å². The molecule has 0 bridgehead atoms. The molecule has 0 heterocycles. The lowest BCUT2D eigenvalue weighted by Crippen LogP contribution is -1.69. The number of nitriles is 1. The third-order valence-corrected chi connectivity index (χ3v) is 0.529. The molecule has 0 aliphatic rings. The van der Waals surface area contributed by atoms with Crippen molar-refractivity contribution in [2.75, 3.05) is 5.75 Å². The zero-order chi connectivity index (χ0) is 4.83. The second kappa shape index (κ2) is 4.76. The summed E-state index contributed by atoms with van der Waals surface area (Å²) in [6.45, 7) is 0. The molecule has 0 rings (SSSR count). The van der Waals surface area contributed by atoms with Gasteiger partial charge in [0, 0.05) is 12.0 Å². The van der Waals surface area contributed by atoms with Crippen LogP contribution in [0.4, 0.5) is 0 Å². The molecule has 0 fully saturated rings. The third kappa shape index (κ3) is 3.76. The van der Waals surface area contributed by atoms with Crippen molar-refractivity contribution in [2.24, 2.45) is 0 Å². The van der Waals surface area contributed by atoms with Gasteiger partial charge in [0.05, 0.1) is 6.07 Å². The summed E-state index contributed by atoms with van der Waals surface area (Å²) >= 11 is 0.703. The Balaban J connectivity index is 2.54. The molecule has 0 aromatic heterocycles. The van der Waals surface area contributed by atoms with Crippen LogP contribution in [0.2, 0.25) is 0 Å². The maximum atomic E-state index is 7.74. The van der Waals surface area contributed by atoms with E-state index < -0.39 is 0 Å². The highest BCUT2D eigenvalue weighted by Crippen LogP contribution is 1.93. The minimum Gasteiger partial charge on any atom is -0.239 e. The van der Waals surface area contributed by atoms with Gasteiger partial charge in [0.15, 0.2) is 0 Å². The van der Waals surface area contributed by atoms with E-state index in [4.69, 9.17) is 10.5 Å². The molecule has 0 aliphatic heterocycles. The van der Waals surface area contributed by atoms with Crippen LogP contribution >= 0.6 is 12.0 Å². The van der Waals surface area contributed by atoms with Gasteiger partial charge in [-0.15, -0.1) is 0 Å². The molecular weight excluding hydrogens is 102 g/mol. The molecule has 1 N–H and O–H groups in total. The first-order valence-corrected chi connectivity index (χ1v) is 2.13. The summed E-state index contributed by atoms with van der Waals surface area (Å²) in [4.78, 5) is 0. The monoisotopic (exact) mass is 105 g/mol. The van der Waals surface area contributed by atoms with Crippen molar-refractivity contribution < 1.29 is 9.59 Å². The van der Waals surface area contributed by atoms with Gasteiger partial charge in [0.1, 0.15) is 5.75 Å². The van der Waals surface area contributed by atoms with Gasteiger partial charge in [-0.05, 0) is 0 Å². The molecule has 4 heteroatoms. The normalized spacial score (nSPS) is 7.33. The highest BCUT2D eigenvalue weighted by molar-refractivity contribution is 7.94. The third-order valence-electron chi connectivity index (χ3n) is 0.176. The van der Waals surface area contributed by atoms with Gasteiger partial charge in [-0.25, -0.2) is 5.26 Å². The predicted molar refractivity (Wildman–Crippen MR) is 21.8 cm³/mol. The fourth-order valence-electron chi connectivity index (χ4n) is 0.0527. The zero-order valence-electron chi connectivity index (χ0n) is 2.92. The minimum absolute atomic E-state index is 0.163. The summed E-state index contributed by atoms with van der Waals surface area (Å²) in [7, 11) is 0. The lowest BCUT2D eigenvalue weighted by atomic mass is 10.9. The summed E-state index contributed by atoms with van der Waals surface area (Å²) in [5, 5.41) is 15.2. The van der Waals surface area contributed by atoms with Crippen LogP contribution in [0, 0.1) is 11.3 Å². The Morgan fingerprint density at radius 1 is 2.00 bits per heavy atom. The van der Waals surface area contributed by atoms with Crippen molar-refractivity contribution in [1.82, 2.24) is 0 Å². The van der Waals surface area contributed by atoms with Crippen LogP contribution in [0.5, 0.6) is 0 Å². The smallest absolute Gasteiger partial charge is 0.110 e. The summed E-state index contributed by atoms with van der Waals surface area (Å²) in [6.07, 6.45) is 0. The summed E-state index contributed by atoms with van der Waals surface area (Å²) in [5.41, 5.74) is 0. The zero-order valence-corrected chi connectivity index (χ0v) is 3.73. The Labute approximate surface area is 39.7 Å². The summed E-state index contributed by atoms with van der Waals surface area (Å²) < 4.78 is 3.48. The second-order valence-electron chi connectivity index (χ2n) is 0.495. The molecule has 34 valence electrons. The van der Waals surface area contributed by atoms with E-state index in [2.05, 4.69) is 4.33 Å². The van der Waals surface area contributed by atoms with Crippen molar-refractivity contribution >= 4 is 12.0 Å². The molecule has 0 aromatic carbocycles. The first-order chi connectivity index (χ1) is 2.91. The Morgan fingerprint density at radius 2 is 2.67 bits per heavy atom. The van der Waals surface area contributed by atoms with E-state index in [1.807, 2.05) is 0 Å². The number of nitrogens with zero attached hydrogens (tertiary/aromatic N) is 1. The minimum atomic E-state index is 0.163. The largest absolute Gasteiger partial charge is 0.239 e. The highest BCUT2D eigenvalue weighted by atomic mass is 32.2. The predicted octanol–water partition coefficient (Wildman–Crippen LogP) is 0.648. The van der Waals surface area contributed by atoms with Crippen LogP contribution in [0.3, 0.4) is 0 Å². The van der Waals surface area contributed by atoms with E-state index in [9.17, 15) is 0 Å². The molecular formula is C2H3NO2S. The van der Waals surface area contributed by atoms with Crippen LogP contribution in [0.25, 0.3) is 0 Å². The Hall–Kier alpha value is -0.240. The SMILES string of the molecule is N#CCSOO. The first kappa shape index (κ1) is 5.76. The first-order valence-electron chi connectivity index (χ1n) is 1.22. The van der Waals surface area contributed by atoms with E-state index >= 15 is 0 Å². The van der Waals surface area contributed by atoms with Crippen LogP contribution < -0.4 is 0 Å². The van der Waals surface area contributed by atoms with Crippen LogP contribution in [-0.4, -0.2) is 11.0 Å². The highest BCUT2D eigenvalue weighted by Gasteiger charge is 1.76. The molecule has 0 aliphatic carbocycles. The number of hydrogen-bond acceptors (Lipinski definition) is 4. The van der Waals surface area contributed by atoms with Gasteiger partial charge < -0.3 is 0 Å². The average molecular weight is 105 g/mol. The quantitative estimate of drug-likeness (QED) is 0.242. The molecule has 0 aromatic rings. The van der Waals surface area contributed by atoms with Gasteiger partial charge in [0.2, 0.25) is 0 Å². The fraction of sp³-hybridized carbons (Fsp3) is 0.500. The van der Waals surface area contributed by atoms with Crippen molar-refractivity contribution in [1.29, 1.82) is 5.26 Å². The second-order valence-corrected chi connectivity index (χ2v) is 1.17. The Morgan fingerprint density at radius 3 is 2.83 bits per heavy atom. The van der Waals surface area contributed by atoms with Crippen molar-refractivity contribution in [3.63, 3.8) is 0 Å². The fourth-order valence-corrected chi connectivity index (χ4v) is 0.158. The van der Waals surface area contributed by atoms with E-state index in [0.29, 0.717) is 12.0 Å². The maximum Gasteiger partial charge on any atom is 0.110 e. The summed E-state index contributed by atoms with van der Waals surface area (Å²) in [5.74, 6) is 0.163. The van der Waals surface area contributed by atoms with E-state index in [1.54, 1.807) is 6.07 Å². The molecule has 0 radical (unpaired) electrons. The van der Waals surface area contributed by atoms with E-state index in [0.717, 1.165) is 0 Å². The van der Waals surface area contributed by atoms with Crippen molar-refractivity contribution in [3.05, 3.63) is 0 Å². The van der Waals surface area contributed by atoms with Crippen LogP contribution in [0.15, 0.2) is 0 Å². The molecule has 0 atom stereocenters. The number of hydrogen-bond donors (Lipinski definition) is 1. The number of rotatable bonds is 2.